The van der Waals surface area contributed by atoms with E-state index in [1.54, 1.807) is 18.5 Å². The Balaban J connectivity index is 1.48. The number of thioether (sulfide) groups is 1. The van der Waals surface area contributed by atoms with Gasteiger partial charge in [-0.2, -0.15) is 0 Å². The second-order valence-electron chi connectivity index (χ2n) is 7.73. The number of benzene rings is 2. The quantitative estimate of drug-likeness (QED) is 0.151. The Morgan fingerprint density at radius 1 is 1.22 bits per heavy atom. The van der Waals surface area contributed by atoms with E-state index in [0.717, 1.165) is 30.3 Å². The summed E-state index contributed by atoms with van der Waals surface area (Å²) in [5.74, 6) is -0.163. The van der Waals surface area contributed by atoms with Crippen molar-refractivity contribution in [2.45, 2.75) is 38.1 Å². The normalized spacial score (nSPS) is 11.5. The van der Waals surface area contributed by atoms with Crippen molar-refractivity contribution in [1.29, 1.82) is 0 Å². The van der Waals surface area contributed by atoms with E-state index in [-0.39, 0.29) is 23.9 Å². The van der Waals surface area contributed by atoms with Gasteiger partial charge in [0.15, 0.2) is 22.8 Å². The minimum absolute atomic E-state index is 0.0330. The van der Waals surface area contributed by atoms with Gasteiger partial charge in [-0.3, -0.25) is 19.7 Å². The van der Waals surface area contributed by atoms with Crippen LogP contribution in [0, 0.1) is 10.1 Å². The van der Waals surface area contributed by atoms with Crippen LogP contribution < -0.4 is 15.4 Å². The summed E-state index contributed by atoms with van der Waals surface area (Å²) in [6, 6.07) is 11.1. The summed E-state index contributed by atoms with van der Waals surface area (Å²) >= 11 is 1.11. The summed E-state index contributed by atoms with van der Waals surface area (Å²) in [5, 5.41) is 34.3. The van der Waals surface area contributed by atoms with Crippen molar-refractivity contribution in [2.24, 2.45) is 7.05 Å². The van der Waals surface area contributed by atoms with Gasteiger partial charge in [-0.25, -0.2) is 0 Å². The Kier molecular flexibility index (Phi) is 8.84. The zero-order valence-corrected chi connectivity index (χ0v) is 20.7. The lowest BCUT2D eigenvalue weighted by atomic mass is 10.2. The van der Waals surface area contributed by atoms with E-state index in [0.29, 0.717) is 16.7 Å². The molecule has 0 spiro atoms. The lowest BCUT2D eigenvalue weighted by molar-refractivity contribution is -0.385. The van der Waals surface area contributed by atoms with Crippen molar-refractivity contribution in [3.05, 3.63) is 64.0 Å². The number of rotatable bonds is 11. The minimum Gasteiger partial charge on any atom is -0.502 e. The van der Waals surface area contributed by atoms with Gasteiger partial charge in [0.05, 0.1) is 17.2 Å². The number of ether oxygens (including phenoxy) is 1. The molecule has 13 heteroatoms. The lowest BCUT2D eigenvalue weighted by Gasteiger charge is -2.15. The van der Waals surface area contributed by atoms with Crippen LogP contribution >= 0.6 is 11.8 Å². The molecular formula is C23H26N6O6S. The SMILES string of the molecule is CCc1ccc(OC(C)C(=O)NCc2nnc(SCC(=O)Nc3ccc(O)c([N+](=O)[O-])c3)n2C)cc1. The van der Waals surface area contributed by atoms with E-state index in [2.05, 4.69) is 27.8 Å². The van der Waals surface area contributed by atoms with Gasteiger partial charge in [-0.05, 0) is 43.2 Å². The molecule has 1 atom stereocenters. The van der Waals surface area contributed by atoms with Crippen LogP contribution in [0.25, 0.3) is 0 Å². The third-order valence-electron chi connectivity index (χ3n) is 5.15. The molecule has 12 nitrogen and oxygen atoms in total. The van der Waals surface area contributed by atoms with Crippen molar-refractivity contribution in [1.82, 2.24) is 20.1 Å². The number of phenolic OH excluding ortho intramolecular Hbond substituents is 1. The highest BCUT2D eigenvalue weighted by molar-refractivity contribution is 7.99. The molecule has 36 heavy (non-hydrogen) atoms. The fourth-order valence-corrected chi connectivity index (χ4v) is 3.80. The lowest BCUT2D eigenvalue weighted by Crippen LogP contribution is -2.36. The summed E-state index contributed by atoms with van der Waals surface area (Å²) in [7, 11) is 1.71. The van der Waals surface area contributed by atoms with Crippen molar-refractivity contribution >= 4 is 35.0 Å². The molecule has 0 saturated carbocycles. The second-order valence-corrected chi connectivity index (χ2v) is 8.67. The fraction of sp³-hybridized carbons (Fsp3) is 0.304. The molecule has 0 fully saturated rings. The van der Waals surface area contributed by atoms with Crippen LogP contribution in [-0.4, -0.2) is 48.5 Å². The number of nitrogens with one attached hydrogen (secondary N) is 2. The molecule has 190 valence electrons. The maximum absolute atomic E-state index is 12.4. The van der Waals surface area contributed by atoms with Gasteiger partial charge >= 0.3 is 5.69 Å². The van der Waals surface area contributed by atoms with Crippen molar-refractivity contribution in [3.63, 3.8) is 0 Å². The summed E-state index contributed by atoms with van der Waals surface area (Å²) in [5.41, 5.74) is 0.857. The van der Waals surface area contributed by atoms with E-state index in [1.807, 2.05) is 24.3 Å². The summed E-state index contributed by atoms with van der Waals surface area (Å²) < 4.78 is 7.34. The predicted molar refractivity (Wildman–Crippen MR) is 133 cm³/mol. The summed E-state index contributed by atoms with van der Waals surface area (Å²) in [4.78, 5) is 34.9. The molecular weight excluding hydrogens is 488 g/mol. The molecule has 0 bridgehead atoms. The van der Waals surface area contributed by atoms with Gasteiger partial charge in [0.1, 0.15) is 5.75 Å². The monoisotopic (exact) mass is 514 g/mol. The van der Waals surface area contributed by atoms with Crippen molar-refractivity contribution in [2.75, 3.05) is 11.1 Å². The molecule has 1 heterocycles. The Morgan fingerprint density at radius 2 is 1.94 bits per heavy atom. The molecule has 3 N–H and O–H groups in total. The van der Waals surface area contributed by atoms with Crippen LogP contribution in [-0.2, 0) is 29.6 Å². The highest BCUT2D eigenvalue weighted by Crippen LogP contribution is 2.28. The molecule has 0 radical (unpaired) electrons. The number of hydrogen-bond donors (Lipinski definition) is 3. The Morgan fingerprint density at radius 3 is 2.61 bits per heavy atom. The molecule has 1 aromatic heterocycles. The predicted octanol–water partition coefficient (Wildman–Crippen LogP) is 2.81. The first-order chi connectivity index (χ1) is 17.2. The molecule has 0 aliphatic carbocycles. The number of aryl methyl sites for hydroxylation is 1. The molecule has 0 saturated heterocycles. The van der Waals surface area contributed by atoms with Gasteiger partial charge in [0.2, 0.25) is 5.91 Å². The largest absolute Gasteiger partial charge is 0.502 e. The third-order valence-corrected chi connectivity index (χ3v) is 6.17. The van der Waals surface area contributed by atoms with Gasteiger partial charge in [0, 0.05) is 18.8 Å². The van der Waals surface area contributed by atoms with Gasteiger partial charge < -0.3 is 25.0 Å². The van der Waals surface area contributed by atoms with Gasteiger partial charge in [-0.15, -0.1) is 10.2 Å². The highest BCUT2D eigenvalue weighted by atomic mass is 32.2. The number of phenols is 1. The minimum atomic E-state index is -0.740. The number of nitro benzene ring substituents is 1. The maximum atomic E-state index is 12.4. The zero-order chi connectivity index (χ0) is 26.2. The van der Waals surface area contributed by atoms with E-state index < -0.39 is 28.4 Å². The van der Waals surface area contributed by atoms with Crippen LogP contribution in [0.1, 0.15) is 25.2 Å². The molecule has 2 aromatic carbocycles. The Hall–Kier alpha value is -4.13. The zero-order valence-electron chi connectivity index (χ0n) is 19.9. The number of anilines is 1. The Labute approximate surface area is 211 Å². The number of carbonyl (C=O) groups is 2. The average Bonchev–Trinajstić information content (AvgIpc) is 3.21. The number of hydrogen-bond acceptors (Lipinski definition) is 9. The maximum Gasteiger partial charge on any atom is 0.312 e. The first-order valence-electron chi connectivity index (χ1n) is 11.0. The van der Waals surface area contributed by atoms with Crippen LogP contribution in [0.5, 0.6) is 11.5 Å². The van der Waals surface area contributed by atoms with E-state index in [4.69, 9.17) is 4.74 Å². The molecule has 0 aliphatic rings. The number of nitro groups is 1. The molecule has 0 aliphatic heterocycles. The van der Waals surface area contributed by atoms with Crippen molar-refractivity contribution < 1.29 is 24.4 Å². The van der Waals surface area contributed by atoms with Gasteiger partial charge in [0.25, 0.3) is 5.91 Å². The Bertz CT molecular complexity index is 1250. The number of carbonyl (C=O) groups excluding carboxylic acids is 2. The summed E-state index contributed by atoms with van der Waals surface area (Å²) in [6.45, 7) is 3.84. The molecule has 3 rings (SSSR count). The fourth-order valence-electron chi connectivity index (χ4n) is 3.07. The first-order valence-corrected chi connectivity index (χ1v) is 12.0. The smallest absolute Gasteiger partial charge is 0.312 e. The van der Waals surface area contributed by atoms with E-state index in [1.165, 1.54) is 11.6 Å². The first kappa shape index (κ1) is 26.5. The summed E-state index contributed by atoms with van der Waals surface area (Å²) in [6.07, 6.45) is 0.210. The third kappa shape index (κ3) is 6.95. The highest BCUT2D eigenvalue weighted by Gasteiger charge is 2.18. The van der Waals surface area contributed by atoms with E-state index >= 15 is 0 Å². The molecule has 3 aromatic rings. The number of aromatic hydroxyl groups is 1. The number of amides is 2. The standard InChI is InChI=1S/C23H26N6O6S/c1-4-15-5-8-17(9-6-15)35-14(2)22(32)24-12-20-26-27-23(28(20)3)36-13-21(31)25-16-7-10-19(30)18(11-16)29(33)34/h5-11,14,30H,4,12-13H2,1-3H3,(H,24,32)(H,25,31). The molecule has 2 amide bonds. The topological polar surface area (TPSA) is 162 Å². The van der Waals surface area contributed by atoms with Crippen LogP contribution in [0.15, 0.2) is 47.6 Å². The van der Waals surface area contributed by atoms with Crippen molar-refractivity contribution in [3.8, 4) is 11.5 Å². The second kappa shape index (κ2) is 12.0. The van der Waals surface area contributed by atoms with E-state index in [9.17, 15) is 24.8 Å². The average molecular weight is 515 g/mol. The van der Waals surface area contributed by atoms with Crippen LogP contribution in [0.4, 0.5) is 11.4 Å². The van der Waals surface area contributed by atoms with Crippen LogP contribution in [0.2, 0.25) is 0 Å². The number of aromatic nitrogens is 3. The van der Waals surface area contributed by atoms with Gasteiger partial charge in [-0.1, -0.05) is 30.8 Å². The molecule has 1 unspecified atom stereocenters. The number of nitrogens with zero attached hydrogens (tertiary/aromatic N) is 4. The van der Waals surface area contributed by atoms with Crippen LogP contribution in [0.3, 0.4) is 0 Å².